The second kappa shape index (κ2) is 6.17. The monoisotopic (exact) mass is 272 g/mol. The predicted octanol–water partition coefficient (Wildman–Crippen LogP) is 0.990. The molecule has 5 nitrogen and oxygen atoms in total. The number of aliphatic hydroxyl groups excluding tert-OH is 1. The minimum absolute atomic E-state index is 0.0198. The second-order valence-electron chi connectivity index (χ2n) is 4.21. The molecule has 0 amide bonds. The Morgan fingerprint density at radius 1 is 1.28 bits per heavy atom. The van der Waals surface area contributed by atoms with Gasteiger partial charge in [-0.1, -0.05) is 12.1 Å². The normalized spacial score (nSPS) is 11.8. The highest BCUT2D eigenvalue weighted by molar-refractivity contribution is 7.90. The lowest BCUT2D eigenvalue weighted by molar-refractivity contribution is 0.275. The third kappa shape index (κ3) is 3.44. The zero-order valence-corrected chi connectivity index (χ0v) is 11.8. The first kappa shape index (κ1) is 14.9. The van der Waals surface area contributed by atoms with Crippen molar-refractivity contribution in [1.82, 2.24) is 4.31 Å². The number of anilines is 1. The van der Waals surface area contributed by atoms with E-state index in [1.165, 1.54) is 22.7 Å². The molecule has 0 saturated heterocycles. The van der Waals surface area contributed by atoms with Crippen LogP contribution >= 0.6 is 0 Å². The summed E-state index contributed by atoms with van der Waals surface area (Å²) in [4.78, 5) is 0. The standard InChI is InChI=1S/C12H20N2O3S/c1-11-6-4-7-12(10-11)14(3)18(16,17)13(2)8-5-9-15/h4,6-7,10,15H,5,8-9H2,1-3H3. The molecule has 6 heteroatoms. The number of aryl methyl sites for hydroxylation is 1. The van der Waals surface area contributed by atoms with Gasteiger partial charge in [0.2, 0.25) is 0 Å². The summed E-state index contributed by atoms with van der Waals surface area (Å²) >= 11 is 0. The Balaban J connectivity index is 2.91. The Kier molecular flexibility index (Phi) is 5.13. The smallest absolute Gasteiger partial charge is 0.303 e. The topological polar surface area (TPSA) is 60.9 Å². The van der Waals surface area contributed by atoms with Crippen LogP contribution in [0.15, 0.2) is 24.3 Å². The van der Waals surface area contributed by atoms with Crippen molar-refractivity contribution in [2.24, 2.45) is 0 Å². The van der Waals surface area contributed by atoms with Gasteiger partial charge in [-0.05, 0) is 31.0 Å². The average Bonchev–Trinajstić information content (AvgIpc) is 2.34. The lowest BCUT2D eigenvalue weighted by Crippen LogP contribution is -2.40. The number of benzene rings is 1. The third-order valence-electron chi connectivity index (χ3n) is 2.74. The average molecular weight is 272 g/mol. The van der Waals surface area contributed by atoms with Crippen LogP contribution in [0.4, 0.5) is 5.69 Å². The van der Waals surface area contributed by atoms with Crippen molar-refractivity contribution in [3.05, 3.63) is 29.8 Å². The van der Waals surface area contributed by atoms with Gasteiger partial charge < -0.3 is 5.11 Å². The molecular weight excluding hydrogens is 252 g/mol. The molecule has 1 aromatic rings. The van der Waals surface area contributed by atoms with Crippen molar-refractivity contribution in [2.45, 2.75) is 13.3 Å². The van der Waals surface area contributed by atoms with E-state index >= 15 is 0 Å². The molecule has 0 aliphatic carbocycles. The van der Waals surface area contributed by atoms with Crippen molar-refractivity contribution in [3.63, 3.8) is 0 Å². The molecular formula is C12H20N2O3S. The van der Waals surface area contributed by atoms with Crippen LogP contribution < -0.4 is 4.31 Å². The molecule has 0 fully saturated rings. The summed E-state index contributed by atoms with van der Waals surface area (Å²) in [5, 5.41) is 8.74. The highest BCUT2D eigenvalue weighted by Gasteiger charge is 2.23. The maximum Gasteiger partial charge on any atom is 0.303 e. The van der Waals surface area contributed by atoms with E-state index in [1.807, 2.05) is 25.1 Å². The summed E-state index contributed by atoms with van der Waals surface area (Å²) < 4.78 is 26.9. The van der Waals surface area contributed by atoms with Crippen molar-refractivity contribution < 1.29 is 13.5 Å². The largest absolute Gasteiger partial charge is 0.396 e. The zero-order valence-electron chi connectivity index (χ0n) is 11.0. The first-order valence-corrected chi connectivity index (χ1v) is 7.17. The Bertz CT molecular complexity index is 488. The van der Waals surface area contributed by atoms with Gasteiger partial charge >= 0.3 is 10.2 Å². The van der Waals surface area contributed by atoms with Crippen molar-refractivity contribution in [2.75, 3.05) is 31.6 Å². The fourth-order valence-corrected chi connectivity index (χ4v) is 2.73. The van der Waals surface area contributed by atoms with Crippen LogP contribution in [0.1, 0.15) is 12.0 Å². The highest BCUT2D eigenvalue weighted by atomic mass is 32.2. The molecule has 0 aromatic heterocycles. The summed E-state index contributed by atoms with van der Waals surface area (Å²) in [6, 6.07) is 7.31. The number of rotatable bonds is 6. The summed E-state index contributed by atoms with van der Waals surface area (Å²) in [6.07, 6.45) is 0.428. The van der Waals surface area contributed by atoms with Crippen LogP contribution in [-0.2, 0) is 10.2 Å². The molecule has 0 saturated carbocycles. The molecule has 0 heterocycles. The van der Waals surface area contributed by atoms with Crippen LogP contribution in [0.3, 0.4) is 0 Å². The second-order valence-corrected chi connectivity index (χ2v) is 6.28. The van der Waals surface area contributed by atoms with Crippen LogP contribution in [-0.4, -0.2) is 45.1 Å². The molecule has 0 aliphatic heterocycles. The maximum absolute atomic E-state index is 12.2. The lowest BCUT2D eigenvalue weighted by atomic mass is 10.2. The Morgan fingerprint density at radius 2 is 1.94 bits per heavy atom. The zero-order chi connectivity index (χ0) is 13.8. The van der Waals surface area contributed by atoms with E-state index < -0.39 is 10.2 Å². The molecule has 0 aliphatic rings. The Morgan fingerprint density at radius 3 is 2.50 bits per heavy atom. The Labute approximate surface area is 109 Å². The maximum atomic E-state index is 12.2. The van der Waals surface area contributed by atoms with Crippen LogP contribution in [0, 0.1) is 6.92 Å². The van der Waals surface area contributed by atoms with E-state index in [-0.39, 0.29) is 6.61 Å². The Hall–Kier alpha value is -1.11. The SMILES string of the molecule is Cc1cccc(N(C)S(=O)(=O)N(C)CCCO)c1. The van der Waals surface area contributed by atoms with Crippen LogP contribution in [0.25, 0.3) is 0 Å². The fraction of sp³-hybridized carbons (Fsp3) is 0.500. The summed E-state index contributed by atoms with van der Waals surface area (Å²) in [5.41, 5.74) is 1.64. The quantitative estimate of drug-likeness (QED) is 0.840. The van der Waals surface area contributed by atoms with Gasteiger partial charge in [0.25, 0.3) is 0 Å². The van der Waals surface area contributed by atoms with Gasteiger partial charge in [0, 0.05) is 27.2 Å². The molecule has 102 valence electrons. The van der Waals surface area contributed by atoms with E-state index in [2.05, 4.69) is 0 Å². The van der Waals surface area contributed by atoms with Gasteiger partial charge in [0.15, 0.2) is 0 Å². The molecule has 0 radical (unpaired) electrons. The van der Waals surface area contributed by atoms with E-state index in [0.717, 1.165) is 5.56 Å². The van der Waals surface area contributed by atoms with E-state index in [4.69, 9.17) is 5.11 Å². The van der Waals surface area contributed by atoms with Gasteiger partial charge in [-0.15, -0.1) is 0 Å². The van der Waals surface area contributed by atoms with Crippen LogP contribution in [0.5, 0.6) is 0 Å². The summed E-state index contributed by atoms with van der Waals surface area (Å²) in [5.74, 6) is 0. The van der Waals surface area contributed by atoms with Crippen molar-refractivity contribution >= 4 is 15.9 Å². The molecule has 1 aromatic carbocycles. The molecule has 1 N–H and O–H groups in total. The molecule has 0 spiro atoms. The summed E-state index contributed by atoms with van der Waals surface area (Å²) in [6.45, 7) is 2.20. The summed E-state index contributed by atoms with van der Waals surface area (Å²) in [7, 11) is -0.487. The predicted molar refractivity (Wildman–Crippen MR) is 72.8 cm³/mol. The molecule has 0 unspecified atom stereocenters. The van der Waals surface area contributed by atoms with Crippen molar-refractivity contribution in [3.8, 4) is 0 Å². The highest BCUT2D eigenvalue weighted by Crippen LogP contribution is 2.19. The minimum Gasteiger partial charge on any atom is -0.396 e. The first-order chi connectivity index (χ1) is 8.39. The first-order valence-electron chi connectivity index (χ1n) is 5.77. The molecule has 0 bridgehead atoms. The number of aliphatic hydroxyl groups is 1. The van der Waals surface area contributed by atoms with Gasteiger partial charge in [0.1, 0.15) is 0 Å². The third-order valence-corrected chi connectivity index (χ3v) is 4.61. The molecule has 1 rings (SSSR count). The number of hydrogen-bond acceptors (Lipinski definition) is 3. The lowest BCUT2D eigenvalue weighted by Gasteiger charge is -2.25. The van der Waals surface area contributed by atoms with Crippen LogP contribution in [0.2, 0.25) is 0 Å². The van der Waals surface area contributed by atoms with E-state index in [9.17, 15) is 8.42 Å². The van der Waals surface area contributed by atoms with Gasteiger partial charge in [-0.2, -0.15) is 12.7 Å². The van der Waals surface area contributed by atoms with E-state index in [0.29, 0.717) is 18.7 Å². The molecule has 0 atom stereocenters. The number of hydrogen-bond donors (Lipinski definition) is 1. The minimum atomic E-state index is -3.53. The van der Waals surface area contributed by atoms with Crippen molar-refractivity contribution in [1.29, 1.82) is 0 Å². The molecule has 18 heavy (non-hydrogen) atoms. The van der Waals surface area contributed by atoms with Gasteiger partial charge in [-0.3, -0.25) is 4.31 Å². The fourth-order valence-electron chi connectivity index (χ4n) is 1.57. The van der Waals surface area contributed by atoms with E-state index in [1.54, 1.807) is 6.07 Å². The van der Waals surface area contributed by atoms with Gasteiger partial charge in [-0.25, -0.2) is 0 Å². The van der Waals surface area contributed by atoms with Gasteiger partial charge in [0.05, 0.1) is 5.69 Å². The number of nitrogens with zero attached hydrogens (tertiary/aromatic N) is 2.